The van der Waals surface area contributed by atoms with Crippen LogP contribution in [0.2, 0.25) is 5.15 Å². The van der Waals surface area contributed by atoms with E-state index >= 15 is 0 Å². The van der Waals surface area contributed by atoms with E-state index in [1.165, 1.54) is 0 Å². The lowest BCUT2D eigenvalue weighted by atomic mass is 10.2. The highest BCUT2D eigenvalue weighted by Gasteiger charge is 2.05. The van der Waals surface area contributed by atoms with Crippen molar-refractivity contribution in [1.29, 1.82) is 0 Å². The van der Waals surface area contributed by atoms with Gasteiger partial charge in [-0.05, 0) is 30.7 Å². The number of pyridine rings is 2. The zero-order chi connectivity index (χ0) is 13.9. The Labute approximate surface area is 122 Å². The molecule has 0 aliphatic carbocycles. The number of fused-ring (bicyclic) bond motifs is 1. The molecule has 0 atom stereocenters. The molecule has 0 saturated heterocycles. The lowest BCUT2D eigenvalue weighted by Gasteiger charge is -2.10. The molecular formula is C16H14ClN3. The summed E-state index contributed by atoms with van der Waals surface area (Å²) in [5.41, 5.74) is 3.92. The predicted octanol–water partition coefficient (Wildman–Crippen LogP) is 4.20. The number of anilines is 1. The lowest BCUT2D eigenvalue weighted by Crippen LogP contribution is -2.04. The van der Waals surface area contributed by atoms with Crippen LogP contribution >= 0.6 is 11.6 Å². The minimum Gasteiger partial charge on any atom is -0.377 e. The molecule has 0 fully saturated rings. The van der Waals surface area contributed by atoms with E-state index < -0.39 is 0 Å². The van der Waals surface area contributed by atoms with Gasteiger partial charge in [-0.15, -0.1) is 0 Å². The van der Waals surface area contributed by atoms with Gasteiger partial charge >= 0.3 is 0 Å². The normalized spacial score (nSPS) is 10.7. The lowest BCUT2D eigenvalue weighted by molar-refractivity contribution is 1.06. The van der Waals surface area contributed by atoms with Crippen LogP contribution in [0.25, 0.3) is 10.9 Å². The van der Waals surface area contributed by atoms with Crippen molar-refractivity contribution in [1.82, 2.24) is 9.97 Å². The molecule has 0 bridgehead atoms. The summed E-state index contributed by atoms with van der Waals surface area (Å²) in [6.45, 7) is 2.63. The van der Waals surface area contributed by atoms with Crippen LogP contribution in [-0.2, 0) is 6.54 Å². The first-order chi connectivity index (χ1) is 9.74. The Hall–Kier alpha value is -2.13. The Kier molecular flexibility index (Phi) is 3.52. The fourth-order valence-electron chi connectivity index (χ4n) is 2.12. The van der Waals surface area contributed by atoms with Gasteiger partial charge in [-0.25, -0.2) is 4.98 Å². The van der Waals surface area contributed by atoms with Gasteiger partial charge in [0.25, 0.3) is 0 Å². The maximum Gasteiger partial charge on any atom is 0.152 e. The highest BCUT2D eigenvalue weighted by atomic mass is 35.5. The molecule has 1 aromatic carbocycles. The number of rotatable bonds is 3. The van der Waals surface area contributed by atoms with E-state index in [0.717, 1.165) is 27.8 Å². The van der Waals surface area contributed by atoms with Crippen molar-refractivity contribution in [2.24, 2.45) is 0 Å². The topological polar surface area (TPSA) is 37.8 Å². The fourth-order valence-corrected chi connectivity index (χ4v) is 2.40. The van der Waals surface area contributed by atoms with Crippen molar-refractivity contribution in [2.75, 3.05) is 5.32 Å². The molecular weight excluding hydrogens is 270 g/mol. The first-order valence-electron chi connectivity index (χ1n) is 6.44. The Morgan fingerprint density at radius 1 is 1.10 bits per heavy atom. The summed E-state index contributed by atoms with van der Waals surface area (Å²) in [6, 6.07) is 14.1. The van der Waals surface area contributed by atoms with Gasteiger partial charge in [-0.2, -0.15) is 0 Å². The standard InChI is InChI=1S/C16H14ClN3/c1-11-8-9-18-16(17)15(11)19-10-13-7-6-12-4-2-3-5-14(12)20-13/h2-9,19H,10H2,1H3. The molecule has 0 unspecified atom stereocenters. The highest BCUT2D eigenvalue weighted by molar-refractivity contribution is 6.32. The van der Waals surface area contributed by atoms with Crippen molar-refractivity contribution in [3.8, 4) is 0 Å². The van der Waals surface area contributed by atoms with Crippen LogP contribution in [0.5, 0.6) is 0 Å². The fraction of sp³-hybridized carbons (Fsp3) is 0.125. The summed E-state index contributed by atoms with van der Waals surface area (Å²) in [5, 5.41) is 4.94. The van der Waals surface area contributed by atoms with E-state index in [1.807, 2.05) is 37.3 Å². The predicted molar refractivity (Wildman–Crippen MR) is 83.1 cm³/mol. The third-order valence-corrected chi connectivity index (χ3v) is 3.50. The number of aryl methyl sites for hydroxylation is 1. The van der Waals surface area contributed by atoms with Crippen LogP contribution < -0.4 is 5.32 Å². The number of hydrogen-bond donors (Lipinski definition) is 1. The monoisotopic (exact) mass is 283 g/mol. The number of benzene rings is 1. The molecule has 3 rings (SSSR count). The van der Waals surface area contributed by atoms with Crippen LogP contribution in [0.3, 0.4) is 0 Å². The Morgan fingerprint density at radius 2 is 1.95 bits per heavy atom. The number of hydrogen-bond acceptors (Lipinski definition) is 3. The average molecular weight is 284 g/mol. The first-order valence-corrected chi connectivity index (χ1v) is 6.81. The largest absolute Gasteiger partial charge is 0.377 e. The Balaban J connectivity index is 1.83. The number of aromatic nitrogens is 2. The van der Waals surface area contributed by atoms with Gasteiger partial charge in [0.2, 0.25) is 0 Å². The van der Waals surface area contributed by atoms with Crippen molar-refractivity contribution >= 4 is 28.2 Å². The molecule has 2 heterocycles. The van der Waals surface area contributed by atoms with Crippen LogP contribution in [0.15, 0.2) is 48.7 Å². The molecule has 100 valence electrons. The quantitative estimate of drug-likeness (QED) is 0.732. The maximum atomic E-state index is 6.10. The molecule has 0 aliphatic rings. The first kappa shape index (κ1) is 12.9. The van der Waals surface area contributed by atoms with Gasteiger partial charge in [0.15, 0.2) is 5.15 Å². The molecule has 0 spiro atoms. The maximum absolute atomic E-state index is 6.10. The van der Waals surface area contributed by atoms with Gasteiger partial charge in [0.1, 0.15) is 0 Å². The number of halogens is 1. The summed E-state index contributed by atoms with van der Waals surface area (Å²) in [6.07, 6.45) is 1.71. The number of nitrogens with zero attached hydrogens (tertiary/aromatic N) is 2. The van der Waals surface area contributed by atoms with E-state index in [9.17, 15) is 0 Å². The van der Waals surface area contributed by atoms with Crippen LogP contribution in [0.4, 0.5) is 5.69 Å². The molecule has 0 amide bonds. The van der Waals surface area contributed by atoms with E-state index in [2.05, 4.69) is 27.4 Å². The van der Waals surface area contributed by atoms with E-state index in [0.29, 0.717) is 11.7 Å². The minimum absolute atomic E-state index is 0.491. The molecule has 2 aromatic heterocycles. The van der Waals surface area contributed by atoms with Crippen LogP contribution in [-0.4, -0.2) is 9.97 Å². The van der Waals surface area contributed by atoms with E-state index in [-0.39, 0.29) is 0 Å². The molecule has 20 heavy (non-hydrogen) atoms. The zero-order valence-corrected chi connectivity index (χ0v) is 11.9. The Bertz CT molecular complexity index is 735. The van der Waals surface area contributed by atoms with Gasteiger partial charge in [-0.1, -0.05) is 35.9 Å². The Morgan fingerprint density at radius 3 is 2.80 bits per heavy atom. The van der Waals surface area contributed by atoms with Crippen molar-refractivity contribution in [3.63, 3.8) is 0 Å². The summed E-state index contributed by atoms with van der Waals surface area (Å²) in [5.74, 6) is 0. The summed E-state index contributed by atoms with van der Waals surface area (Å²) < 4.78 is 0. The third kappa shape index (κ3) is 2.58. The second kappa shape index (κ2) is 5.47. The smallest absolute Gasteiger partial charge is 0.152 e. The average Bonchev–Trinajstić information content (AvgIpc) is 2.46. The molecule has 0 saturated carbocycles. The summed E-state index contributed by atoms with van der Waals surface area (Å²) >= 11 is 6.10. The molecule has 3 nitrogen and oxygen atoms in total. The summed E-state index contributed by atoms with van der Waals surface area (Å²) in [4.78, 5) is 8.71. The van der Waals surface area contributed by atoms with Crippen molar-refractivity contribution in [2.45, 2.75) is 13.5 Å². The van der Waals surface area contributed by atoms with Gasteiger partial charge < -0.3 is 5.32 Å². The van der Waals surface area contributed by atoms with Crippen LogP contribution in [0.1, 0.15) is 11.3 Å². The number of nitrogens with one attached hydrogen (secondary N) is 1. The molecule has 3 aromatic rings. The molecule has 0 radical (unpaired) electrons. The van der Waals surface area contributed by atoms with E-state index in [1.54, 1.807) is 6.20 Å². The van der Waals surface area contributed by atoms with Crippen molar-refractivity contribution in [3.05, 3.63) is 65.1 Å². The van der Waals surface area contributed by atoms with Gasteiger partial charge in [0, 0.05) is 11.6 Å². The molecule has 1 N–H and O–H groups in total. The highest BCUT2D eigenvalue weighted by Crippen LogP contribution is 2.23. The van der Waals surface area contributed by atoms with Crippen LogP contribution in [0, 0.1) is 6.92 Å². The second-order valence-electron chi connectivity index (χ2n) is 4.64. The zero-order valence-electron chi connectivity index (χ0n) is 11.1. The van der Waals surface area contributed by atoms with Gasteiger partial charge in [-0.3, -0.25) is 4.98 Å². The minimum atomic E-state index is 0.491. The molecule has 4 heteroatoms. The SMILES string of the molecule is Cc1ccnc(Cl)c1NCc1ccc2ccccc2n1. The second-order valence-corrected chi connectivity index (χ2v) is 5.00. The van der Waals surface area contributed by atoms with Crippen molar-refractivity contribution < 1.29 is 0 Å². The molecule has 0 aliphatic heterocycles. The summed E-state index contributed by atoms with van der Waals surface area (Å²) in [7, 11) is 0. The third-order valence-electron chi connectivity index (χ3n) is 3.22. The number of para-hydroxylation sites is 1. The van der Waals surface area contributed by atoms with Gasteiger partial charge in [0.05, 0.1) is 23.4 Å². The van der Waals surface area contributed by atoms with E-state index in [4.69, 9.17) is 11.6 Å².